The van der Waals surface area contributed by atoms with Gasteiger partial charge in [-0.1, -0.05) is 23.2 Å². The van der Waals surface area contributed by atoms with Gasteiger partial charge in [-0.3, -0.25) is 0 Å². The van der Waals surface area contributed by atoms with Gasteiger partial charge in [-0.25, -0.2) is 9.59 Å². The highest BCUT2D eigenvalue weighted by Crippen LogP contribution is 2.27. The molecule has 0 atom stereocenters. The normalized spacial score (nSPS) is 8.62. The number of hydrogen-bond acceptors (Lipinski definition) is 2. The Bertz CT molecular complexity index is 419. The maximum Gasteiger partial charge on any atom is 0.337 e. The molecule has 0 saturated carbocycles. The first-order valence-electron chi connectivity index (χ1n) is 3.39. The lowest BCUT2D eigenvalue weighted by Crippen LogP contribution is -3.00. The predicted molar refractivity (Wildman–Crippen MR) is 50.4 cm³/mol. The molecule has 0 aromatic heterocycles. The molecule has 16 heavy (non-hydrogen) atoms. The fraction of sp³-hybridized carbons (Fsp3) is 0. The van der Waals surface area contributed by atoms with Crippen LogP contribution >= 0.6 is 23.2 Å². The highest BCUT2D eigenvalue weighted by molar-refractivity contribution is 6.44. The zero-order valence-corrected chi connectivity index (χ0v) is 10.4. The molecule has 0 aliphatic rings. The summed E-state index contributed by atoms with van der Waals surface area (Å²) in [7, 11) is 0. The molecule has 0 spiro atoms. The molecule has 0 radical (unpaired) electrons. The third-order valence-electron chi connectivity index (χ3n) is 1.51. The summed E-state index contributed by atoms with van der Waals surface area (Å²) in [5.41, 5.74) is -0.534. The fourth-order valence-electron chi connectivity index (χ4n) is 0.868. The van der Waals surface area contributed by atoms with Crippen LogP contribution in [0.25, 0.3) is 0 Å². The van der Waals surface area contributed by atoms with Crippen molar-refractivity contribution in [3.05, 3.63) is 33.3 Å². The summed E-state index contributed by atoms with van der Waals surface area (Å²) in [4.78, 5) is 21.2. The van der Waals surface area contributed by atoms with E-state index in [1.807, 2.05) is 0 Å². The van der Waals surface area contributed by atoms with Crippen molar-refractivity contribution in [2.24, 2.45) is 0 Å². The fourth-order valence-corrected chi connectivity index (χ4v) is 1.28. The van der Waals surface area contributed by atoms with Crippen LogP contribution in [0.2, 0.25) is 10.0 Å². The van der Waals surface area contributed by atoms with Crippen LogP contribution in [-0.2, 0) is 0 Å². The number of benzene rings is 1. The van der Waals surface area contributed by atoms with Gasteiger partial charge in [0.2, 0.25) is 0 Å². The monoisotopic (exact) mass is 304 g/mol. The molecule has 0 unspecified atom stereocenters. The predicted octanol–water partition coefficient (Wildman–Crippen LogP) is -3.60. The smallest absolute Gasteiger partial charge is 0.337 e. The number of rotatable bonds is 2. The molecule has 0 amide bonds. The number of carboxylic acids is 2. The first kappa shape index (κ1) is 17.7. The number of carboxylic acid groups (broad SMARTS) is 2. The molecule has 0 aliphatic carbocycles. The summed E-state index contributed by atoms with van der Waals surface area (Å²) in [5.74, 6) is -2.58. The lowest BCUT2D eigenvalue weighted by Gasteiger charge is -2.02. The Hall–Kier alpha value is -0.680. The Labute approximate surface area is 113 Å². The second kappa shape index (κ2) is 6.81. The van der Waals surface area contributed by atoms with E-state index in [2.05, 4.69) is 0 Å². The van der Waals surface area contributed by atoms with Crippen molar-refractivity contribution in [2.45, 2.75) is 0 Å². The minimum atomic E-state index is -1.32. The minimum absolute atomic E-state index is 0. The van der Waals surface area contributed by atoms with Crippen LogP contribution in [-0.4, -0.2) is 22.2 Å². The van der Waals surface area contributed by atoms with Crippen LogP contribution in [0.15, 0.2) is 12.1 Å². The van der Waals surface area contributed by atoms with Crippen LogP contribution < -0.4 is 24.8 Å². The summed E-state index contributed by atoms with van der Waals surface area (Å²) in [6.07, 6.45) is 0. The van der Waals surface area contributed by atoms with Gasteiger partial charge in [-0.05, 0) is 12.1 Å². The van der Waals surface area contributed by atoms with Crippen LogP contribution in [0.1, 0.15) is 20.7 Å². The molecule has 0 heterocycles. The first-order valence-corrected chi connectivity index (χ1v) is 4.14. The van der Waals surface area contributed by atoms with Crippen LogP contribution in [0.3, 0.4) is 0 Å². The third-order valence-corrected chi connectivity index (χ3v) is 2.31. The van der Waals surface area contributed by atoms with Crippen LogP contribution in [0.5, 0.6) is 0 Å². The highest BCUT2D eigenvalue weighted by atomic mass is 35.5. The van der Waals surface area contributed by atoms with Crippen molar-refractivity contribution < 1.29 is 44.6 Å². The van der Waals surface area contributed by atoms with E-state index >= 15 is 0 Å². The van der Waals surface area contributed by atoms with Crippen LogP contribution in [0, 0.1) is 0 Å². The third kappa shape index (κ3) is 3.72. The summed E-state index contributed by atoms with van der Waals surface area (Å²) < 4.78 is 0. The molecule has 0 bridgehead atoms. The van der Waals surface area contributed by atoms with Gasteiger partial charge in [-0.2, -0.15) is 0 Å². The van der Waals surface area contributed by atoms with E-state index < -0.39 is 11.9 Å². The maximum atomic E-state index is 10.6. The lowest BCUT2D eigenvalue weighted by atomic mass is 10.1. The van der Waals surface area contributed by atoms with Gasteiger partial charge < -0.3 is 35.0 Å². The molecule has 2 N–H and O–H groups in total. The Morgan fingerprint density at radius 3 is 1.88 bits per heavy atom. The second-order valence-corrected chi connectivity index (χ2v) is 3.22. The average molecular weight is 306 g/mol. The zero-order chi connectivity index (χ0) is 10.9. The van der Waals surface area contributed by atoms with E-state index in [4.69, 9.17) is 33.4 Å². The lowest BCUT2D eigenvalue weighted by molar-refractivity contribution is -0.00100. The van der Waals surface area contributed by atoms with Crippen molar-refractivity contribution in [2.75, 3.05) is 0 Å². The number of halogens is 4. The van der Waals surface area contributed by atoms with Gasteiger partial charge in [0.05, 0.1) is 21.2 Å². The van der Waals surface area contributed by atoms with Gasteiger partial charge in [0.25, 0.3) is 0 Å². The first-order chi connectivity index (χ1) is 6.43. The Morgan fingerprint density at radius 2 is 1.50 bits per heavy atom. The van der Waals surface area contributed by atoms with Gasteiger partial charge in [0.15, 0.2) is 0 Å². The Balaban J connectivity index is 0. The van der Waals surface area contributed by atoms with Crippen LogP contribution in [0.4, 0.5) is 0 Å². The van der Waals surface area contributed by atoms with Gasteiger partial charge >= 0.3 is 11.9 Å². The summed E-state index contributed by atoms with van der Waals surface area (Å²) in [5, 5.41) is 17.0. The van der Waals surface area contributed by atoms with Gasteiger partial charge in [0.1, 0.15) is 0 Å². The molecule has 4 nitrogen and oxygen atoms in total. The minimum Gasteiger partial charge on any atom is -1.00 e. The summed E-state index contributed by atoms with van der Waals surface area (Å²) in [6.45, 7) is 0. The van der Waals surface area contributed by atoms with E-state index in [1.165, 1.54) is 0 Å². The second-order valence-electron chi connectivity index (χ2n) is 2.43. The van der Waals surface area contributed by atoms with Gasteiger partial charge in [0, 0.05) is 0 Å². The molecular formula is C8H4Cl4O4-2. The molecular weight excluding hydrogens is 302 g/mol. The molecule has 0 aliphatic heterocycles. The number of carbonyl (C=O) groups is 2. The van der Waals surface area contributed by atoms with E-state index in [9.17, 15) is 9.59 Å². The largest absolute Gasteiger partial charge is 1.00 e. The quantitative estimate of drug-likeness (QED) is 0.592. The van der Waals surface area contributed by atoms with Crippen molar-refractivity contribution in [1.29, 1.82) is 0 Å². The molecule has 0 fully saturated rings. The average Bonchev–Trinajstić information content (AvgIpc) is 2.08. The molecule has 8 heteroatoms. The highest BCUT2D eigenvalue weighted by Gasteiger charge is 2.16. The van der Waals surface area contributed by atoms with E-state index in [-0.39, 0.29) is 46.0 Å². The molecule has 1 aromatic rings. The zero-order valence-electron chi connectivity index (χ0n) is 7.38. The maximum absolute atomic E-state index is 10.6. The SMILES string of the molecule is O=C(O)c1cc(Cl)c(Cl)c(C(=O)O)c1.[Cl-].[Cl-]. The molecule has 90 valence electrons. The number of hydrogen-bond donors (Lipinski definition) is 2. The summed E-state index contributed by atoms with van der Waals surface area (Å²) in [6, 6.07) is 2.05. The Morgan fingerprint density at radius 1 is 1.00 bits per heavy atom. The number of aromatic carboxylic acids is 2. The summed E-state index contributed by atoms with van der Waals surface area (Å²) >= 11 is 11.1. The molecule has 1 aromatic carbocycles. The van der Waals surface area contributed by atoms with Gasteiger partial charge in [-0.15, -0.1) is 0 Å². The molecule has 0 saturated heterocycles. The topological polar surface area (TPSA) is 74.6 Å². The van der Waals surface area contributed by atoms with E-state index in [0.717, 1.165) is 12.1 Å². The Kier molecular flexibility index (Phi) is 7.53. The van der Waals surface area contributed by atoms with E-state index in [1.54, 1.807) is 0 Å². The molecule has 1 rings (SSSR count). The van der Waals surface area contributed by atoms with E-state index in [0.29, 0.717) is 0 Å². The standard InChI is InChI=1S/C8H4Cl2O4.2ClH/c9-5-2-3(7(11)12)1-4(6(5)10)8(13)14;;/h1-2H,(H,11,12)(H,13,14);2*1H/p-2. The van der Waals surface area contributed by atoms with Crippen molar-refractivity contribution in [1.82, 2.24) is 0 Å². The van der Waals surface area contributed by atoms with Crippen molar-refractivity contribution in [3.63, 3.8) is 0 Å². The van der Waals surface area contributed by atoms with Crippen molar-refractivity contribution in [3.8, 4) is 0 Å². The van der Waals surface area contributed by atoms with Crippen molar-refractivity contribution >= 4 is 35.1 Å².